The Morgan fingerprint density at radius 2 is 2.25 bits per heavy atom. The minimum absolute atomic E-state index is 0.331. The highest BCUT2D eigenvalue weighted by Crippen LogP contribution is 2.11. The first-order chi connectivity index (χ1) is 5.83. The number of hydrogen-bond acceptors (Lipinski definition) is 1. The number of phenols is 1. The molecule has 1 nitrogen and oxygen atoms in total. The van der Waals surface area contributed by atoms with Gasteiger partial charge >= 0.3 is 0 Å². The molecule has 0 saturated heterocycles. The minimum atomic E-state index is 0.331. The zero-order chi connectivity index (χ0) is 8.81. The van der Waals surface area contributed by atoms with Crippen LogP contribution in [0, 0.1) is 11.8 Å². The summed E-state index contributed by atoms with van der Waals surface area (Å²) in [4.78, 5) is 0. The standard InChI is InChI=1S/C11H12O/c1-2-3-4-6-10-7-5-8-11(12)9-10/h5,7-9,12H,4,6H2,1H3. The number of aromatic hydroxyl groups is 1. The summed E-state index contributed by atoms with van der Waals surface area (Å²) in [5, 5.41) is 9.13. The maximum absolute atomic E-state index is 9.13. The third-order valence-corrected chi connectivity index (χ3v) is 1.63. The topological polar surface area (TPSA) is 20.2 Å². The molecule has 1 aromatic rings. The maximum atomic E-state index is 9.13. The lowest BCUT2D eigenvalue weighted by molar-refractivity contribution is 0.474. The van der Waals surface area contributed by atoms with Crippen molar-refractivity contribution in [2.75, 3.05) is 0 Å². The van der Waals surface area contributed by atoms with E-state index in [4.69, 9.17) is 5.11 Å². The van der Waals surface area contributed by atoms with Gasteiger partial charge in [-0.1, -0.05) is 12.1 Å². The average molecular weight is 160 g/mol. The van der Waals surface area contributed by atoms with E-state index in [1.54, 1.807) is 12.1 Å². The largest absolute Gasteiger partial charge is 0.508 e. The number of benzene rings is 1. The highest BCUT2D eigenvalue weighted by atomic mass is 16.3. The monoisotopic (exact) mass is 160 g/mol. The van der Waals surface area contributed by atoms with E-state index >= 15 is 0 Å². The molecule has 12 heavy (non-hydrogen) atoms. The van der Waals surface area contributed by atoms with E-state index in [0.717, 1.165) is 18.4 Å². The summed E-state index contributed by atoms with van der Waals surface area (Å²) in [6.07, 6.45) is 1.77. The molecular formula is C11H12O. The van der Waals surface area contributed by atoms with Crippen molar-refractivity contribution in [3.8, 4) is 17.6 Å². The van der Waals surface area contributed by atoms with Crippen molar-refractivity contribution in [1.29, 1.82) is 0 Å². The van der Waals surface area contributed by atoms with Crippen molar-refractivity contribution in [3.63, 3.8) is 0 Å². The van der Waals surface area contributed by atoms with Crippen LogP contribution in [-0.4, -0.2) is 5.11 Å². The van der Waals surface area contributed by atoms with Gasteiger partial charge in [0.25, 0.3) is 0 Å². The van der Waals surface area contributed by atoms with Crippen LogP contribution in [0.1, 0.15) is 18.9 Å². The van der Waals surface area contributed by atoms with Gasteiger partial charge in [0.15, 0.2) is 0 Å². The Hall–Kier alpha value is -1.42. The van der Waals surface area contributed by atoms with Crippen LogP contribution in [0.15, 0.2) is 24.3 Å². The van der Waals surface area contributed by atoms with Gasteiger partial charge in [0.1, 0.15) is 5.75 Å². The number of aryl methyl sites for hydroxylation is 1. The summed E-state index contributed by atoms with van der Waals surface area (Å²) in [6.45, 7) is 1.84. The van der Waals surface area contributed by atoms with Gasteiger partial charge in [-0.3, -0.25) is 0 Å². The van der Waals surface area contributed by atoms with Crippen LogP contribution < -0.4 is 0 Å². The molecule has 0 radical (unpaired) electrons. The molecule has 1 N–H and O–H groups in total. The third-order valence-electron chi connectivity index (χ3n) is 1.63. The molecule has 0 fully saturated rings. The molecule has 0 bridgehead atoms. The van der Waals surface area contributed by atoms with Crippen molar-refractivity contribution in [3.05, 3.63) is 29.8 Å². The fraction of sp³-hybridized carbons (Fsp3) is 0.273. The SMILES string of the molecule is CC#CCCc1cccc(O)c1. The van der Waals surface area contributed by atoms with Crippen molar-refractivity contribution in [2.45, 2.75) is 19.8 Å². The zero-order valence-corrected chi connectivity index (χ0v) is 7.17. The second-order valence-corrected chi connectivity index (χ2v) is 2.60. The van der Waals surface area contributed by atoms with Gasteiger partial charge in [-0.05, 0) is 31.0 Å². The molecule has 0 heterocycles. The number of rotatable bonds is 2. The van der Waals surface area contributed by atoms with Crippen molar-refractivity contribution in [2.24, 2.45) is 0 Å². The highest BCUT2D eigenvalue weighted by Gasteiger charge is 1.91. The highest BCUT2D eigenvalue weighted by molar-refractivity contribution is 5.27. The Bertz CT molecular complexity index is 304. The van der Waals surface area contributed by atoms with Gasteiger partial charge < -0.3 is 5.11 Å². The summed E-state index contributed by atoms with van der Waals surface area (Å²) in [6, 6.07) is 7.30. The summed E-state index contributed by atoms with van der Waals surface area (Å²) in [5.41, 5.74) is 1.14. The molecule has 1 rings (SSSR count). The fourth-order valence-electron chi connectivity index (χ4n) is 1.04. The first-order valence-corrected chi connectivity index (χ1v) is 4.00. The summed E-state index contributed by atoms with van der Waals surface area (Å²) >= 11 is 0. The van der Waals surface area contributed by atoms with E-state index in [2.05, 4.69) is 11.8 Å². The molecule has 0 spiro atoms. The summed E-state index contributed by atoms with van der Waals surface area (Å²) in [7, 11) is 0. The molecule has 62 valence electrons. The van der Waals surface area contributed by atoms with Crippen LogP contribution in [0.25, 0.3) is 0 Å². The van der Waals surface area contributed by atoms with Crippen LogP contribution in [0.3, 0.4) is 0 Å². The van der Waals surface area contributed by atoms with Crippen LogP contribution >= 0.6 is 0 Å². The van der Waals surface area contributed by atoms with Gasteiger partial charge in [0.05, 0.1) is 0 Å². The van der Waals surface area contributed by atoms with Crippen molar-refractivity contribution < 1.29 is 5.11 Å². The lowest BCUT2D eigenvalue weighted by Crippen LogP contribution is -1.81. The Kier molecular flexibility index (Phi) is 3.22. The van der Waals surface area contributed by atoms with Crippen LogP contribution in [0.2, 0.25) is 0 Å². The Morgan fingerprint density at radius 1 is 1.42 bits per heavy atom. The normalized spacial score (nSPS) is 8.75. The lowest BCUT2D eigenvalue weighted by Gasteiger charge is -1.97. The molecule has 0 aliphatic heterocycles. The molecule has 0 aliphatic rings. The van der Waals surface area contributed by atoms with Crippen molar-refractivity contribution >= 4 is 0 Å². The molecule has 1 heteroatoms. The molecule has 0 aromatic heterocycles. The zero-order valence-electron chi connectivity index (χ0n) is 7.17. The molecule has 0 unspecified atom stereocenters. The van der Waals surface area contributed by atoms with E-state index in [9.17, 15) is 0 Å². The van der Waals surface area contributed by atoms with Crippen LogP contribution in [-0.2, 0) is 6.42 Å². The molecule has 1 aromatic carbocycles. The van der Waals surface area contributed by atoms with Gasteiger partial charge in [-0.25, -0.2) is 0 Å². The third kappa shape index (κ3) is 2.67. The van der Waals surface area contributed by atoms with Gasteiger partial charge in [0.2, 0.25) is 0 Å². The molecule has 0 amide bonds. The first-order valence-electron chi connectivity index (χ1n) is 4.00. The minimum Gasteiger partial charge on any atom is -0.508 e. The summed E-state index contributed by atoms with van der Waals surface area (Å²) in [5.74, 6) is 6.16. The predicted octanol–water partition coefficient (Wildman–Crippen LogP) is 2.35. The van der Waals surface area contributed by atoms with Gasteiger partial charge in [0, 0.05) is 6.42 Å². The molecular weight excluding hydrogens is 148 g/mol. The first kappa shape index (κ1) is 8.67. The quantitative estimate of drug-likeness (QED) is 0.658. The predicted molar refractivity (Wildman–Crippen MR) is 49.9 cm³/mol. The number of hydrogen-bond donors (Lipinski definition) is 1. The van der Waals surface area contributed by atoms with E-state index in [1.165, 1.54) is 0 Å². The fourth-order valence-corrected chi connectivity index (χ4v) is 1.04. The summed E-state index contributed by atoms with van der Waals surface area (Å²) < 4.78 is 0. The van der Waals surface area contributed by atoms with E-state index < -0.39 is 0 Å². The smallest absolute Gasteiger partial charge is 0.115 e. The Balaban J connectivity index is 2.55. The Labute approximate surface area is 73.0 Å². The molecule has 0 aliphatic carbocycles. The molecule has 0 saturated carbocycles. The van der Waals surface area contributed by atoms with Crippen LogP contribution in [0.5, 0.6) is 5.75 Å². The van der Waals surface area contributed by atoms with E-state index in [-0.39, 0.29) is 0 Å². The van der Waals surface area contributed by atoms with Gasteiger partial charge in [-0.2, -0.15) is 0 Å². The van der Waals surface area contributed by atoms with E-state index in [1.807, 2.05) is 19.1 Å². The van der Waals surface area contributed by atoms with Crippen LogP contribution in [0.4, 0.5) is 0 Å². The second-order valence-electron chi connectivity index (χ2n) is 2.60. The van der Waals surface area contributed by atoms with E-state index in [0.29, 0.717) is 5.75 Å². The maximum Gasteiger partial charge on any atom is 0.115 e. The lowest BCUT2D eigenvalue weighted by atomic mass is 10.1. The average Bonchev–Trinajstić information content (AvgIpc) is 2.05. The van der Waals surface area contributed by atoms with Gasteiger partial charge in [-0.15, -0.1) is 11.8 Å². The molecule has 0 atom stereocenters. The second kappa shape index (κ2) is 4.46. The number of phenolic OH excluding ortho intramolecular Hbond substituents is 1. The van der Waals surface area contributed by atoms with Crippen molar-refractivity contribution in [1.82, 2.24) is 0 Å². The Morgan fingerprint density at radius 3 is 2.92 bits per heavy atom.